The highest BCUT2D eigenvalue weighted by Crippen LogP contribution is 2.61. The molecule has 0 aromatic rings. The quantitative estimate of drug-likeness (QED) is 0.198. The normalized spacial score (nSPS) is 34.5. The maximum atomic E-state index is 13.2. The summed E-state index contributed by atoms with van der Waals surface area (Å²) in [5.74, 6) is -0.907. The third kappa shape index (κ3) is 6.78. The molecule has 38 heavy (non-hydrogen) atoms. The SMILES string of the molecule is CC(C)C[C@H](NC(=O)OCC12CC3CC(CC(O)(C3)C1)C2)C(=O)NC(CC1CCNC1=O)C(O)S(=O)(=O)O. The van der Waals surface area contributed by atoms with Crippen LogP contribution in [0.4, 0.5) is 4.79 Å². The van der Waals surface area contributed by atoms with Gasteiger partial charge in [-0.05, 0) is 75.5 Å². The number of amides is 3. The minimum absolute atomic E-state index is 0.0333. The molecule has 0 aromatic carbocycles. The first-order valence-corrected chi connectivity index (χ1v) is 15.1. The smallest absolute Gasteiger partial charge is 0.407 e. The van der Waals surface area contributed by atoms with Gasteiger partial charge in [0.1, 0.15) is 6.04 Å². The van der Waals surface area contributed by atoms with Gasteiger partial charge in [-0.25, -0.2) is 4.79 Å². The topological polar surface area (TPSA) is 191 Å². The molecule has 0 spiro atoms. The van der Waals surface area contributed by atoms with Gasteiger partial charge in [-0.1, -0.05) is 13.8 Å². The minimum Gasteiger partial charge on any atom is -0.449 e. The van der Waals surface area contributed by atoms with Gasteiger partial charge < -0.3 is 30.9 Å². The lowest BCUT2D eigenvalue weighted by molar-refractivity contribution is -0.175. The van der Waals surface area contributed by atoms with E-state index in [4.69, 9.17) is 4.74 Å². The first kappa shape index (κ1) is 29.0. The van der Waals surface area contributed by atoms with E-state index >= 15 is 0 Å². The molecule has 4 bridgehead atoms. The molecular weight excluding hydrogens is 518 g/mol. The number of alkyl carbamates (subject to hydrolysis) is 1. The fourth-order valence-electron chi connectivity index (χ4n) is 7.59. The number of carbonyl (C=O) groups is 3. The van der Waals surface area contributed by atoms with Crippen LogP contribution in [-0.2, 0) is 24.4 Å². The van der Waals surface area contributed by atoms with Crippen LogP contribution in [0.3, 0.4) is 0 Å². The van der Waals surface area contributed by atoms with Crippen LogP contribution < -0.4 is 16.0 Å². The number of hydrogen-bond acceptors (Lipinski definition) is 8. The van der Waals surface area contributed by atoms with Crippen LogP contribution in [0, 0.1) is 29.1 Å². The highest BCUT2D eigenvalue weighted by atomic mass is 32.2. The second-order valence-electron chi connectivity index (χ2n) is 12.6. The third-order valence-electron chi connectivity index (χ3n) is 8.65. The zero-order valence-electron chi connectivity index (χ0n) is 22.0. The highest BCUT2D eigenvalue weighted by Gasteiger charge is 2.57. The standard InChI is InChI=1S/C25H41N3O9S/c1-14(2)5-18(21(30)27-19(22(31)38(34,35)36)7-17-3-4-26-20(17)29)28-23(32)37-13-24-8-15-6-16(9-24)11-25(33,10-15)12-24/h14-19,22,31,33H,3-13H2,1-2H3,(H,26,29)(H,27,30)(H,28,32)(H,34,35,36)/t15?,16?,17?,18-,19?,22?,24?,25?/m0/s1. The number of hydrogen-bond donors (Lipinski definition) is 6. The molecule has 4 saturated carbocycles. The molecule has 5 rings (SSSR count). The number of aliphatic hydroxyl groups excluding tert-OH is 1. The number of ether oxygens (including phenoxy) is 1. The summed E-state index contributed by atoms with van der Waals surface area (Å²) in [4.78, 5) is 38.0. The fraction of sp³-hybridized carbons (Fsp3) is 0.880. The van der Waals surface area contributed by atoms with Gasteiger partial charge in [-0.3, -0.25) is 14.1 Å². The molecule has 5 aliphatic rings. The zero-order chi connectivity index (χ0) is 27.9. The van der Waals surface area contributed by atoms with Crippen LogP contribution in [-0.4, -0.2) is 77.4 Å². The Bertz CT molecular complexity index is 1020. The van der Waals surface area contributed by atoms with Gasteiger partial charge in [-0.2, -0.15) is 8.42 Å². The van der Waals surface area contributed by atoms with E-state index in [0.29, 0.717) is 31.2 Å². The van der Waals surface area contributed by atoms with Crippen LogP contribution in [0.25, 0.3) is 0 Å². The van der Waals surface area contributed by atoms with Crippen molar-refractivity contribution in [2.75, 3.05) is 13.2 Å². The molecule has 1 heterocycles. The lowest BCUT2D eigenvalue weighted by Gasteiger charge is -2.59. The fourth-order valence-corrected chi connectivity index (χ4v) is 8.18. The maximum absolute atomic E-state index is 13.2. The first-order valence-electron chi connectivity index (χ1n) is 13.6. The third-order valence-corrected chi connectivity index (χ3v) is 9.59. The van der Waals surface area contributed by atoms with Crippen molar-refractivity contribution in [3.05, 3.63) is 0 Å². The van der Waals surface area contributed by atoms with E-state index in [1.165, 1.54) is 0 Å². The number of nitrogens with one attached hydrogen (secondary N) is 3. The second-order valence-corrected chi connectivity index (χ2v) is 14.1. The van der Waals surface area contributed by atoms with Gasteiger partial charge >= 0.3 is 6.09 Å². The Morgan fingerprint density at radius 1 is 1.16 bits per heavy atom. The molecule has 1 aliphatic heterocycles. The molecule has 0 aromatic heterocycles. The molecule has 13 heteroatoms. The van der Waals surface area contributed by atoms with E-state index < -0.39 is 51.2 Å². The summed E-state index contributed by atoms with van der Waals surface area (Å²) in [6.45, 7) is 4.22. The molecule has 3 amide bonds. The average Bonchev–Trinajstić information content (AvgIpc) is 3.18. The van der Waals surface area contributed by atoms with Crippen molar-refractivity contribution in [1.29, 1.82) is 0 Å². The number of aliphatic hydroxyl groups is 2. The van der Waals surface area contributed by atoms with Crippen LogP contribution in [0.2, 0.25) is 0 Å². The van der Waals surface area contributed by atoms with Crippen molar-refractivity contribution in [2.24, 2.45) is 29.1 Å². The number of carbonyl (C=O) groups excluding carboxylic acids is 3. The van der Waals surface area contributed by atoms with Gasteiger partial charge in [0.2, 0.25) is 17.3 Å². The van der Waals surface area contributed by atoms with Crippen molar-refractivity contribution in [1.82, 2.24) is 16.0 Å². The monoisotopic (exact) mass is 559 g/mol. The van der Waals surface area contributed by atoms with E-state index in [2.05, 4.69) is 16.0 Å². The summed E-state index contributed by atoms with van der Waals surface area (Å²) >= 11 is 0. The molecule has 216 valence electrons. The van der Waals surface area contributed by atoms with Crippen molar-refractivity contribution < 1.29 is 42.3 Å². The summed E-state index contributed by atoms with van der Waals surface area (Å²) < 4.78 is 38.3. The second kappa shape index (κ2) is 10.9. The van der Waals surface area contributed by atoms with E-state index in [9.17, 15) is 37.6 Å². The minimum atomic E-state index is -4.94. The van der Waals surface area contributed by atoms with Gasteiger partial charge in [0.05, 0.1) is 18.2 Å². The van der Waals surface area contributed by atoms with E-state index in [0.717, 1.165) is 32.1 Å². The maximum Gasteiger partial charge on any atom is 0.407 e. The predicted octanol–water partition coefficient (Wildman–Crippen LogP) is 0.676. The molecule has 5 unspecified atom stereocenters. The Morgan fingerprint density at radius 3 is 2.34 bits per heavy atom. The van der Waals surface area contributed by atoms with Gasteiger partial charge in [0.15, 0.2) is 0 Å². The average molecular weight is 560 g/mol. The Hall–Kier alpha value is -1.96. The predicted molar refractivity (Wildman–Crippen MR) is 135 cm³/mol. The highest BCUT2D eigenvalue weighted by molar-refractivity contribution is 7.86. The van der Waals surface area contributed by atoms with Crippen molar-refractivity contribution in [3.8, 4) is 0 Å². The van der Waals surface area contributed by atoms with E-state index in [1.54, 1.807) is 0 Å². The molecule has 12 nitrogen and oxygen atoms in total. The van der Waals surface area contributed by atoms with Gasteiger partial charge in [-0.15, -0.1) is 0 Å². The van der Waals surface area contributed by atoms with Crippen molar-refractivity contribution in [2.45, 2.75) is 94.8 Å². The van der Waals surface area contributed by atoms with E-state index in [1.807, 2.05) is 13.8 Å². The largest absolute Gasteiger partial charge is 0.449 e. The molecule has 1 saturated heterocycles. The van der Waals surface area contributed by atoms with Crippen LogP contribution in [0.15, 0.2) is 0 Å². The molecule has 6 atom stereocenters. The summed E-state index contributed by atoms with van der Waals surface area (Å²) in [7, 11) is -4.94. The lowest BCUT2D eigenvalue weighted by Crippen LogP contribution is -2.57. The van der Waals surface area contributed by atoms with Crippen molar-refractivity contribution in [3.63, 3.8) is 0 Å². The Morgan fingerprint density at radius 2 is 1.82 bits per heavy atom. The molecular formula is C25H41N3O9S. The summed E-state index contributed by atoms with van der Waals surface area (Å²) in [6, 6.07) is -2.57. The molecule has 0 radical (unpaired) electrons. The van der Waals surface area contributed by atoms with Gasteiger partial charge in [0.25, 0.3) is 10.1 Å². The molecule has 4 aliphatic carbocycles. The summed E-state index contributed by atoms with van der Waals surface area (Å²) in [5.41, 5.74) is -3.30. The van der Waals surface area contributed by atoms with Crippen molar-refractivity contribution >= 4 is 28.0 Å². The lowest BCUT2D eigenvalue weighted by atomic mass is 9.48. The first-order chi connectivity index (χ1) is 17.7. The Balaban J connectivity index is 1.39. The van der Waals surface area contributed by atoms with Crippen LogP contribution >= 0.6 is 0 Å². The van der Waals surface area contributed by atoms with Crippen LogP contribution in [0.1, 0.15) is 71.6 Å². The summed E-state index contributed by atoms with van der Waals surface area (Å²) in [5, 5.41) is 28.8. The Kier molecular flexibility index (Phi) is 8.33. The number of rotatable bonds is 11. The zero-order valence-corrected chi connectivity index (χ0v) is 22.8. The van der Waals surface area contributed by atoms with Gasteiger partial charge in [0, 0.05) is 17.9 Å². The molecule has 5 fully saturated rings. The Labute approximate surface area is 223 Å². The summed E-state index contributed by atoms with van der Waals surface area (Å²) in [6.07, 6.45) is 4.70. The van der Waals surface area contributed by atoms with Crippen LogP contribution in [0.5, 0.6) is 0 Å². The van der Waals surface area contributed by atoms with E-state index in [-0.39, 0.29) is 36.7 Å². The molecule has 6 N–H and O–H groups in total.